The number of hydrogen-bond acceptors (Lipinski definition) is 5. The molecule has 0 aliphatic carbocycles. The Morgan fingerprint density at radius 1 is 1.55 bits per heavy atom. The monoisotopic (exact) mass is 318 g/mol. The van der Waals surface area contributed by atoms with Crippen molar-refractivity contribution in [3.63, 3.8) is 0 Å². The van der Waals surface area contributed by atoms with E-state index >= 15 is 0 Å². The molecule has 1 aliphatic heterocycles. The number of hydrogen-bond donors (Lipinski definition) is 1. The van der Waals surface area contributed by atoms with Crippen LogP contribution in [0.4, 0.5) is 0 Å². The van der Waals surface area contributed by atoms with Gasteiger partial charge in [-0.15, -0.1) is 11.3 Å². The predicted molar refractivity (Wildman–Crippen MR) is 80.5 cm³/mol. The van der Waals surface area contributed by atoms with Crippen LogP contribution in [-0.2, 0) is 21.3 Å². The number of rotatable bonds is 5. The van der Waals surface area contributed by atoms with Gasteiger partial charge in [0.05, 0.1) is 18.1 Å². The van der Waals surface area contributed by atoms with Crippen LogP contribution in [0.15, 0.2) is 16.3 Å². The molecule has 0 amide bonds. The Labute approximate surface area is 125 Å². The molecule has 1 aromatic heterocycles. The first kappa shape index (κ1) is 15.9. The highest BCUT2D eigenvalue weighted by Gasteiger charge is 2.33. The summed E-state index contributed by atoms with van der Waals surface area (Å²) < 4.78 is 32.4. The highest BCUT2D eigenvalue weighted by atomic mass is 32.2. The molecule has 114 valence electrons. The second-order valence-corrected chi connectivity index (χ2v) is 8.14. The van der Waals surface area contributed by atoms with Gasteiger partial charge in [0, 0.05) is 30.1 Å². The lowest BCUT2D eigenvalue weighted by Crippen LogP contribution is -2.47. The molecular weight excluding hydrogens is 296 g/mol. The molecule has 1 aliphatic rings. The zero-order chi connectivity index (χ0) is 14.8. The molecule has 20 heavy (non-hydrogen) atoms. The van der Waals surface area contributed by atoms with Crippen LogP contribution in [0.25, 0.3) is 0 Å². The van der Waals surface area contributed by atoms with E-state index in [1.165, 1.54) is 11.3 Å². The maximum absolute atomic E-state index is 12.8. The summed E-state index contributed by atoms with van der Waals surface area (Å²) in [5, 5.41) is 5.12. The van der Waals surface area contributed by atoms with Gasteiger partial charge >= 0.3 is 0 Å². The van der Waals surface area contributed by atoms with Crippen molar-refractivity contribution >= 4 is 21.4 Å². The van der Waals surface area contributed by atoms with E-state index < -0.39 is 10.0 Å². The molecule has 0 saturated carbocycles. The van der Waals surface area contributed by atoms with E-state index in [1.54, 1.807) is 10.4 Å². The minimum atomic E-state index is -3.42. The third-order valence-corrected chi connectivity index (χ3v) is 6.42. The fourth-order valence-electron chi connectivity index (χ4n) is 2.18. The molecule has 0 spiro atoms. The summed E-state index contributed by atoms with van der Waals surface area (Å²) in [7, 11) is -3.42. The van der Waals surface area contributed by atoms with E-state index in [0.717, 1.165) is 4.88 Å². The van der Waals surface area contributed by atoms with E-state index in [2.05, 4.69) is 5.32 Å². The van der Waals surface area contributed by atoms with Crippen molar-refractivity contribution in [1.82, 2.24) is 9.62 Å². The minimum Gasteiger partial charge on any atom is -0.378 e. The van der Waals surface area contributed by atoms with Gasteiger partial charge in [0.1, 0.15) is 0 Å². The Kier molecular flexibility index (Phi) is 5.19. The summed E-state index contributed by atoms with van der Waals surface area (Å²) in [6.45, 7) is 7.92. The molecule has 0 aromatic carbocycles. The van der Waals surface area contributed by atoms with Crippen LogP contribution in [0, 0.1) is 0 Å². The highest BCUT2D eigenvalue weighted by molar-refractivity contribution is 7.89. The first-order chi connectivity index (χ1) is 9.43. The summed E-state index contributed by atoms with van der Waals surface area (Å²) in [6, 6.07) is 1.93. The Balaban J connectivity index is 2.23. The molecule has 1 fully saturated rings. The summed E-state index contributed by atoms with van der Waals surface area (Å²) in [6.07, 6.45) is 0. The number of morpholine rings is 1. The van der Waals surface area contributed by atoms with Crippen LogP contribution in [0.2, 0.25) is 0 Å². The molecule has 1 saturated heterocycles. The molecule has 0 radical (unpaired) electrons. The van der Waals surface area contributed by atoms with Gasteiger partial charge in [0.15, 0.2) is 0 Å². The number of nitrogens with zero attached hydrogens (tertiary/aromatic N) is 1. The van der Waals surface area contributed by atoms with Crippen LogP contribution in [0.3, 0.4) is 0 Å². The van der Waals surface area contributed by atoms with E-state index in [-0.39, 0.29) is 6.04 Å². The van der Waals surface area contributed by atoms with E-state index in [0.29, 0.717) is 37.2 Å². The third kappa shape index (κ3) is 3.40. The lowest BCUT2D eigenvalue weighted by Gasteiger charge is -2.32. The average molecular weight is 318 g/mol. The summed E-state index contributed by atoms with van der Waals surface area (Å²) >= 11 is 1.48. The van der Waals surface area contributed by atoms with Crippen molar-refractivity contribution in [2.45, 2.75) is 44.3 Å². The van der Waals surface area contributed by atoms with E-state index in [1.807, 2.05) is 26.2 Å². The molecule has 2 rings (SSSR count). The molecular formula is C13H22N2O3S2. The minimum absolute atomic E-state index is 0.112. The SMILES string of the molecule is CC(C)NCc1sccc1S(=O)(=O)N1CCOCC1C. The Hall–Kier alpha value is -0.470. The Morgan fingerprint density at radius 3 is 2.95 bits per heavy atom. The predicted octanol–water partition coefficient (Wildman–Crippen LogP) is 1.66. The van der Waals surface area contributed by atoms with Crippen LogP contribution >= 0.6 is 11.3 Å². The van der Waals surface area contributed by atoms with Crippen molar-refractivity contribution in [3.05, 3.63) is 16.3 Å². The largest absolute Gasteiger partial charge is 0.378 e. The Bertz CT molecular complexity index is 540. The fourth-order valence-corrected chi connectivity index (χ4v) is 5.15. The van der Waals surface area contributed by atoms with Gasteiger partial charge in [-0.25, -0.2) is 8.42 Å². The number of thiophene rings is 1. The first-order valence-corrected chi connectivity index (χ1v) is 9.14. The standard InChI is InChI=1S/C13H22N2O3S2/c1-10(2)14-8-12-13(4-7-19-12)20(16,17)15-5-6-18-9-11(15)3/h4,7,10-11,14H,5-6,8-9H2,1-3H3. The Morgan fingerprint density at radius 2 is 2.30 bits per heavy atom. The van der Waals surface area contributed by atoms with Crippen molar-refractivity contribution in [2.24, 2.45) is 0 Å². The summed E-state index contributed by atoms with van der Waals surface area (Å²) in [4.78, 5) is 1.31. The second kappa shape index (κ2) is 6.53. The number of sulfonamides is 1. The van der Waals surface area contributed by atoms with Crippen molar-refractivity contribution in [2.75, 3.05) is 19.8 Å². The maximum atomic E-state index is 12.8. The molecule has 5 nitrogen and oxygen atoms in total. The smallest absolute Gasteiger partial charge is 0.244 e. The zero-order valence-electron chi connectivity index (χ0n) is 12.1. The van der Waals surface area contributed by atoms with Gasteiger partial charge in [-0.1, -0.05) is 13.8 Å². The molecule has 7 heteroatoms. The van der Waals surface area contributed by atoms with Gasteiger partial charge < -0.3 is 10.1 Å². The van der Waals surface area contributed by atoms with Crippen molar-refractivity contribution in [3.8, 4) is 0 Å². The first-order valence-electron chi connectivity index (χ1n) is 6.82. The van der Waals surface area contributed by atoms with E-state index in [4.69, 9.17) is 4.74 Å². The quantitative estimate of drug-likeness (QED) is 0.897. The van der Waals surface area contributed by atoms with Gasteiger partial charge in [0.25, 0.3) is 0 Å². The van der Waals surface area contributed by atoms with Crippen molar-refractivity contribution < 1.29 is 13.2 Å². The lowest BCUT2D eigenvalue weighted by atomic mass is 10.3. The third-order valence-electron chi connectivity index (χ3n) is 3.27. The average Bonchev–Trinajstić information content (AvgIpc) is 2.85. The van der Waals surface area contributed by atoms with Crippen LogP contribution in [-0.4, -0.2) is 44.6 Å². The van der Waals surface area contributed by atoms with Crippen LogP contribution in [0.5, 0.6) is 0 Å². The summed E-state index contributed by atoms with van der Waals surface area (Å²) in [5.74, 6) is 0. The molecule has 1 atom stereocenters. The van der Waals surface area contributed by atoms with Gasteiger partial charge in [-0.05, 0) is 18.4 Å². The topological polar surface area (TPSA) is 58.6 Å². The maximum Gasteiger partial charge on any atom is 0.244 e. The second-order valence-electron chi connectivity index (χ2n) is 5.28. The lowest BCUT2D eigenvalue weighted by molar-refractivity contribution is 0.0392. The molecule has 1 aromatic rings. The van der Waals surface area contributed by atoms with Crippen molar-refractivity contribution in [1.29, 1.82) is 0 Å². The number of ether oxygens (including phenoxy) is 1. The molecule has 0 bridgehead atoms. The zero-order valence-corrected chi connectivity index (χ0v) is 13.8. The van der Waals surface area contributed by atoms with Gasteiger partial charge in [-0.3, -0.25) is 0 Å². The number of nitrogens with one attached hydrogen (secondary N) is 1. The summed E-state index contributed by atoms with van der Waals surface area (Å²) in [5.41, 5.74) is 0. The highest BCUT2D eigenvalue weighted by Crippen LogP contribution is 2.27. The van der Waals surface area contributed by atoms with Gasteiger partial charge in [-0.2, -0.15) is 4.31 Å². The molecule has 1 N–H and O–H groups in total. The van der Waals surface area contributed by atoms with Gasteiger partial charge in [0.2, 0.25) is 10.0 Å². The van der Waals surface area contributed by atoms with Crippen LogP contribution < -0.4 is 5.32 Å². The van der Waals surface area contributed by atoms with Crippen LogP contribution in [0.1, 0.15) is 25.6 Å². The molecule has 1 unspecified atom stereocenters. The molecule has 2 heterocycles. The normalized spacial score (nSPS) is 21.5. The van der Waals surface area contributed by atoms with E-state index in [9.17, 15) is 8.42 Å². The fraction of sp³-hybridized carbons (Fsp3) is 0.692.